The molecule has 3 aromatic heterocycles. The Morgan fingerprint density at radius 1 is 1.20 bits per heavy atom. The molecule has 6 rings (SSSR count). The van der Waals surface area contributed by atoms with Gasteiger partial charge in [0.05, 0.1) is 44.4 Å². The number of hydrogen-bond donors (Lipinski definition) is 1. The van der Waals surface area contributed by atoms with Gasteiger partial charge in [-0.3, -0.25) is 14.3 Å². The van der Waals surface area contributed by atoms with Crippen molar-refractivity contribution < 1.29 is 27.8 Å². The number of carbonyl (C=O) groups is 1. The minimum absolute atomic E-state index is 0.0178. The Morgan fingerprint density at radius 3 is 2.59 bits per heavy atom. The molecule has 0 bridgehead atoms. The molecular formula is C32H25ClF3N5O4S. The van der Waals surface area contributed by atoms with Gasteiger partial charge in [-0.15, -0.1) is 11.3 Å². The number of thiophene rings is 1. The van der Waals surface area contributed by atoms with Crippen LogP contribution in [0.15, 0.2) is 40.5 Å². The number of aromatic carboxylic acids is 1. The number of nitrogens with zero attached hydrogens (tertiary/aromatic N) is 5. The first-order valence-corrected chi connectivity index (χ1v) is 15.3. The van der Waals surface area contributed by atoms with Crippen molar-refractivity contribution in [2.24, 2.45) is 0 Å². The standard InChI is InChI=1S/C32H25ClF3N5O4S/c1-15-8-20(29-28(38-15)22(14-46-29)31(43)44)19-9-18(33)4-5-25(19)45-7-6-41-16(2)39-24-10-23(32(34,35)36)26(17-12-40(3)13-17)21(11-37)27(24)30(41)42/h4-5,8-10,14,17H,6-7,12-13H2,1-3H3,(H,43,44). The van der Waals surface area contributed by atoms with E-state index in [0.717, 1.165) is 6.07 Å². The van der Waals surface area contributed by atoms with E-state index in [4.69, 9.17) is 16.3 Å². The van der Waals surface area contributed by atoms with Gasteiger partial charge in [0.25, 0.3) is 5.56 Å². The number of hydrogen-bond acceptors (Lipinski definition) is 8. The van der Waals surface area contributed by atoms with E-state index in [9.17, 15) is 33.1 Å². The van der Waals surface area contributed by atoms with E-state index < -0.39 is 29.2 Å². The number of likely N-dealkylation sites (tertiary alicyclic amines) is 1. The monoisotopic (exact) mass is 667 g/mol. The molecule has 9 nitrogen and oxygen atoms in total. The summed E-state index contributed by atoms with van der Waals surface area (Å²) in [6, 6.07) is 9.55. The van der Waals surface area contributed by atoms with Gasteiger partial charge in [-0.2, -0.15) is 18.4 Å². The van der Waals surface area contributed by atoms with Crippen LogP contribution in [0.3, 0.4) is 0 Å². The van der Waals surface area contributed by atoms with Crippen molar-refractivity contribution in [2.45, 2.75) is 32.5 Å². The van der Waals surface area contributed by atoms with E-state index in [1.807, 2.05) is 11.0 Å². The molecule has 1 aliphatic rings. The van der Waals surface area contributed by atoms with Gasteiger partial charge in [0.1, 0.15) is 24.3 Å². The first kappa shape index (κ1) is 31.5. The summed E-state index contributed by atoms with van der Waals surface area (Å²) in [5.41, 5.74) is 0.0431. The summed E-state index contributed by atoms with van der Waals surface area (Å²) in [6.07, 6.45) is -4.73. The third kappa shape index (κ3) is 5.46. The molecule has 1 N–H and O–H groups in total. The maximum atomic E-state index is 14.2. The minimum Gasteiger partial charge on any atom is -0.491 e. The van der Waals surface area contributed by atoms with Gasteiger partial charge in [0, 0.05) is 46.2 Å². The third-order valence-corrected chi connectivity index (χ3v) is 9.29. The van der Waals surface area contributed by atoms with Crippen LogP contribution in [0.25, 0.3) is 32.2 Å². The number of ether oxygens (including phenoxy) is 1. The molecule has 1 aliphatic heterocycles. The first-order valence-electron chi connectivity index (χ1n) is 14.1. The normalized spacial score (nSPS) is 14.0. The second-order valence-corrected chi connectivity index (χ2v) is 12.5. The summed E-state index contributed by atoms with van der Waals surface area (Å²) in [5.74, 6) is -1.06. The Kier molecular flexibility index (Phi) is 8.00. The van der Waals surface area contributed by atoms with Gasteiger partial charge < -0.3 is 14.7 Å². The molecule has 236 valence electrons. The maximum Gasteiger partial charge on any atom is 0.416 e. The lowest BCUT2D eigenvalue weighted by Gasteiger charge is -2.38. The average molecular weight is 668 g/mol. The van der Waals surface area contributed by atoms with Crippen molar-refractivity contribution >= 4 is 50.0 Å². The van der Waals surface area contributed by atoms with Crippen molar-refractivity contribution in [2.75, 3.05) is 26.7 Å². The maximum absolute atomic E-state index is 14.2. The van der Waals surface area contributed by atoms with Gasteiger partial charge in [-0.05, 0) is 56.8 Å². The molecule has 0 radical (unpaired) electrons. The summed E-state index contributed by atoms with van der Waals surface area (Å²) in [4.78, 5) is 36.2. The number of rotatable bonds is 7. The van der Waals surface area contributed by atoms with Crippen molar-refractivity contribution in [3.05, 3.63) is 84.9 Å². The second-order valence-electron chi connectivity index (χ2n) is 11.2. The summed E-state index contributed by atoms with van der Waals surface area (Å²) >= 11 is 7.58. The topological polar surface area (TPSA) is 121 Å². The number of benzene rings is 2. The Bertz CT molecular complexity index is 2170. The molecule has 0 amide bonds. The van der Waals surface area contributed by atoms with Crippen molar-refractivity contribution in [3.63, 3.8) is 0 Å². The molecule has 1 saturated heterocycles. The molecule has 14 heteroatoms. The molecule has 46 heavy (non-hydrogen) atoms. The van der Waals surface area contributed by atoms with Crippen molar-refractivity contribution in [1.29, 1.82) is 5.26 Å². The first-order chi connectivity index (χ1) is 21.8. The Morgan fingerprint density at radius 2 is 1.93 bits per heavy atom. The highest BCUT2D eigenvalue weighted by Crippen LogP contribution is 2.42. The van der Waals surface area contributed by atoms with Crippen molar-refractivity contribution in [3.8, 4) is 22.9 Å². The quantitative estimate of drug-likeness (QED) is 0.205. The number of halogens is 4. The van der Waals surface area contributed by atoms with Crippen LogP contribution in [-0.4, -0.2) is 57.3 Å². The van der Waals surface area contributed by atoms with Crippen LogP contribution in [0.1, 0.15) is 44.5 Å². The molecule has 4 heterocycles. The summed E-state index contributed by atoms with van der Waals surface area (Å²) < 4.78 is 50.5. The van der Waals surface area contributed by atoms with Gasteiger partial charge in [0.2, 0.25) is 0 Å². The Hall–Kier alpha value is -4.51. The van der Waals surface area contributed by atoms with E-state index in [-0.39, 0.29) is 46.6 Å². The number of fused-ring (bicyclic) bond motifs is 2. The van der Waals surface area contributed by atoms with Crippen LogP contribution in [0, 0.1) is 25.2 Å². The van der Waals surface area contributed by atoms with Crippen LogP contribution in [-0.2, 0) is 12.7 Å². The number of carboxylic acids is 1. The second kappa shape index (κ2) is 11.7. The number of aromatic nitrogens is 3. The molecule has 5 aromatic rings. The van der Waals surface area contributed by atoms with E-state index in [2.05, 4.69) is 9.97 Å². The minimum atomic E-state index is -4.73. The highest BCUT2D eigenvalue weighted by Gasteiger charge is 2.41. The zero-order valence-electron chi connectivity index (χ0n) is 24.7. The van der Waals surface area contributed by atoms with Crippen LogP contribution in [0.5, 0.6) is 5.75 Å². The fourth-order valence-electron chi connectivity index (χ4n) is 6.00. The number of likely N-dealkylation sites (N-methyl/N-ethyl adjacent to an activating group) is 1. The number of pyridine rings is 1. The highest BCUT2D eigenvalue weighted by molar-refractivity contribution is 7.18. The number of aryl methyl sites for hydroxylation is 2. The van der Waals surface area contributed by atoms with E-state index in [1.165, 1.54) is 28.2 Å². The van der Waals surface area contributed by atoms with Crippen LogP contribution >= 0.6 is 22.9 Å². The predicted molar refractivity (Wildman–Crippen MR) is 168 cm³/mol. The molecule has 0 atom stereocenters. The molecule has 2 aromatic carbocycles. The van der Waals surface area contributed by atoms with E-state index in [1.54, 1.807) is 38.2 Å². The van der Waals surface area contributed by atoms with Crippen LogP contribution in [0.2, 0.25) is 5.02 Å². The zero-order valence-corrected chi connectivity index (χ0v) is 26.3. The molecule has 1 fully saturated rings. The Balaban J connectivity index is 1.38. The van der Waals surface area contributed by atoms with Crippen LogP contribution < -0.4 is 10.3 Å². The molecule has 0 spiro atoms. The zero-order chi connectivity index (χ0) is 33.1. The molecule has 0 unspecified atom stereocenters. The molecule has 0 aliphatic carbocycles. The smallest absolute Gasteiger partial charge is 0.416 e. The highest BCUT2D eigenvalue weighted by atomic mass is 35.5. The third-order valence-electron chi connectivity index (χ3n) is 8.05. The lowest BCUT2D eigenvalue weighted by atomic mass is 9.83. The Labute approximate surface area is 269 Å². The fraction of sp³-hybridized carbons (Fsp3) is 0.281. The lowest BCUT2D eigenvalue weighted by Crippen LogP contribution is -2.43. The number of carboxylic acid groups (broad SMARTS) is 1. The molecule has 0 saturated carbocycles. The van der Waals surface area contributed by atoms with Gasteiger partial charge in [0.15, 0.2) is 0 Å². The fourth-order valence-corrected chi connectivity index (χ4v) is 7.18. The predicted octanol–water partition coefficient (Wildman–Crippen LogP) is 6.64. The lowest BCUT2D eigenvalue weighted by molar-refractivity contribution is -0.138. The van der Waals surface area contributed by atoms with Crippen LogP contribution in [0.4, 0.5) is 13.2 Å². The van der Waals surface area contributed by atoms with E-state index in [0.29, 0.717) is 50.9 Å². The average Bonchev–Trinajstić information content (AvgIpc) is 3.40. The SMILES string of the molecule is Cc1cc(-c2cc(Cl)ccc2OCCn2c(C)nc3cc(C(F)(F)F)c(C4CN(C)C4)c(C#N)c3c2=O)c2scc(C(=O)O)c2n1. The summed E-state index contributed by atoms with van der Waals surface area (Å²) in [5, 5.41) is 21.5. The van der Waals surface area contributed by atoms with Gasteiger partial charge in [-0.1, -0.05) is 11.6 Å². The largest absolute Gasteiger partial charge is 0.491 e. The summed E-state index contributed by atoms with van der Waals surface area (Å²) in [6.45, 7) is 3.87. The molecular weight excluding hydrogens is 643 g/mol. The van der Waals surface area contributed by atoms with Gasteiger partial charge in [-0.25, -0.2) is 9.78 Å². The van der Waals surface area contributed by atoms with E-state index >= 15 is 0 Å². The van der Waals surface area contributed by atoms with Gasteiger partial charge >= 0.3 is 12.1 Å². The summed E-state index contributed by atoms with van der Waals surface area (Å²) in [7, 11) is 1.77. The van der Waals surface area contributed by atoms with Crippen molar-refractivity contribution in [1.82, 2.24) is 19.4 Å². The number of nitriles is 1. The number of alkyl halides is 3.